The number of aromatic amines is 1. The molecular weight excluding hydrogens is 346 g/mol. The van der Waals surface area contributed by atoms with Crippen LogP contribution < -0.4 is 10.1 Å². The minimum atomic E-state index is 0.358. The summed E-state index contributed by atoms with van der Waals surface area (Å²) in [6.07, 6.45) is 1.54. The number of aromatic nitrogens is 4. The molecule has 0 aliphatic heterocycles. The SMILES string of the molecule is CNc1nc(Oc2cc(Br)ccc2Cl)c2[nH]cnc2n1. The second-order valence-electron chi connectivity index (χ2n) is 3.88. The largest absolute Gasteiger partial charge is 0.435 e. The average Bonchev–Trinajstić information content (AvgIpc) is 2.91. The van der Waals surface area contributed by atoms with Gasteiger partial charge in [-0.1, -0.05) is 27.5 Å². The van der Waals surface area contributed by atoms with Crippen LogP contribution in [0.4, 0.5) is 5.95 Å². The highest BCUT2D eigenvalue weighted by molar-refractivity contribution is 9.10. The first-order valence-corrected chi connectivity index (χ1v) is 6.86. The van der Waals surface area contributed by atoms with Crippen molar-refractivity contribution in [3.05, 3.63) is 34.0 Å². The Bertz CT molecular complexity index is 776. The van der Waals surface area contributed by atoms with Crippen LogP contribution in [0.3, 0.4) is 0 Å². The van der Waals surface area contributed by atoms with Crippen LogP contribution in [0.1, 0.15) is 0 Å². The predicted molar refractivity (Wildman–Crippen MR) is 80.5 cm³/mol. The molecule has 0 aliphatic rings. The smallest absolute Gasteiger partial charge is 0.250 e. The van der Waals surface area contributed by atoms with Crippen molar-refractivity contribution in [3.8, 4) is 11.6 Å². The monoisotopic (exact) mass is 353 g/mol. The van der Waals surface area contributed by atoms with Crippen LogP contribution in [-0.4, -0.2) is 27.0 Å². The number of hydrogen-bond donors (Lipinski definition) is 2. The predicted octanol–water partition coefficient (Wildman–Crippen LogP) is 3.60. The lowest BCUT2D eigenvalue weighted by atomic mass is 10.3. The maximum absolute atomic E-state index is 6.11. The van der Waals surface area contributed by atoms with Crippen LogP contribution in [0.25, 0.3) is 11.2 Å². The molecule has 0 radical (unpaired) electrons. The van der Waals surface area contributed by atoms with Crippen molar-refractivity contribution in [2.45, 2.75) is 0 Å². The highest BCUT2D eigenvalue weighted by Crippen LogP contribution is 2.33. The summed E-state index contributed by atoms with van der Waals surface area (Å²) in [6.45, 7) is 0. The van der Waals surface area contributed by atoms with Crippen LogP contribution >= 0.6 is 27.5 Å². The number of H-pyrrole nitrogens is 1. The number of halogens is 2. The minimum Gasteiger partial charge on any atom is -0.435 e. The van der Waals surface area contributed by atoms with Gasteiger partial charge in [-0.3, -0.25) is 0 Å². The van der Waals surface area contributed by atoms with E-state index in [1.807, 2.05) is 6.07 Å². The summed E-state index contributed by atoms with van der Waals surface area (Å²) in [5, 5.41) is 3.35. The number of imidazole rings is 1. The van der Waals surface area contributed by atoms with Crippen molar-refractivity contribution in [3.63, 3.8) is 0 Å². The maximum Gasteiger partial charge on any atom is 0.250 e. The van der Waals surface area contributed by atoms with E-state index in [0.717, 1.165) is 4.47 Å². The van der Waals surface area contributed by atoms with E-state index in [2.05, 4.69) is 41.2 Å². The lowest BCUT2D eigenvalue weighted by molar-refractivity contribution is 0.468. The molecule has 3 aromatic rings. The number of nitrogens with one attached hydrogen (secondary N) is 2. The van der Waals surface area contributed by atoms with Crippen molar-refractivity contribution in [1.29, 1.82) is 0 Å². The molecule has 2 heterocycles. The molecule has 6 nitrogen and oxygen atoms in total. The topological polar surface area (TPSA) is 75.7 Å². The van der Waals surface area contributed by atoms with Gasteiger partial charge >= 0.3 is 0 Å². The number of ether oxygens (including phenoxy) is 1. The fourth-order valence-electron chi connectivity index (χ4n) is 1.65. The molecule has 20 heavy (non-hydrogen) atoms. The Morgan fingerprint density at radius 1 is 1.35 bits per heavy atom. The molecule has 2 N–H and O–H groups in total. The quantitative estimate of drug-likeness (QED) is 0.751. The molecule has 0 bridgehead atoms. The van der Waals surface area contributed by atoms with Crippen molar-refractivity contribution in [1.82, 2.24) is 19.9 Å². The van der Waals surface area contributed by atoms with E-state index in [4.69, 9.17) is 16.3 Å². The summed E-state index contributed by atoms with van der Waals surface area (Å²) in [5.74, 6) is 1.28. The van der Waals surface area contributed by atoms with Gasteiger partial charge in [0.1, 0.15) is 11.3 Å². The lowest BCUT2D eigenvalue weighted by Gasteiger charge is -2.08. The third kappa shape index (κ3) is 2.41. The van der Waals surface area contributed by atoms with E-state index in [1.165, 1.54) is 6.33 Å². The first-order valence-electron chi connectivity index (χ1n) is 5.69. The average molecular weight is 355 g/mol. The van der Waals surface area contributed by atoms with Gasteiger partial charge < -0.3 is 15.0 Å². The molecule has 0 fully saturated rings. The first-order chi connectivity index (χ1) is 9.67. The normalized spacial score (nSPS) is 10.8. The summed E-state index contributed by atoms with van der Waals surface area (Å²) in [4.78, 5) is 15.5. The Morgan fingerprint density at radius 2 is 2.20 bits per heavy atom. The Labute approximate surface area is 127 Å². The summed E-state index contributed by atoms with van der Waals surface area (Å²) in [5.41, 5.74) is 1.13. The lowest BCUT2D eigenvalue weighted by Crippen LogP contribution is -1.99. The number of hydrogen-bond acceptors (Lipinski definition) is 5. The van der Waals surface area contributed by atoms with Crippen molar-refractivity contribution >= 4 is 44.6 Å². The molecule has 0 spiro atoms. The van der Waals surface area contributed by atoms with E-state index >= 15 is 0 Å². The highest BCUT2D eigenvalue weighted by Gasteiger charge is 2.13. The second-order valence-corrected chi connectivity index (χ2v) is 5.20. The fraction of sp³-hybridized carbons (Fsp3) is 0.0833. The molecule has 102 valence electrons. The van der Waals surface area contributed by atoms with Gasteiger partial charge in [-0.05, 0) is 18.2 Å². The maximum atomic E-state index is 6.11. The second kappa shape index (κ2) is 5.26. The Balaban J connectivity index is 2.09. The van der Waals surface area contributed by atoms with E-state index < -0.39 is 0 Å². The third-order valence-electron chi connectivity index (χ3n) is 2.58. The van der Waals surface area contributed by atoms with Crippen LogP contribution in [0.15, 0.2) is 29.0 Å². The molecule has 8 heteroatoms. The molecule has 0 atom stereocenters. The number of rotatable bonds is 3. The number of nitrogens with zero attached hydrogens (tertiary/aromatic N) is 3. The van der Waals surface area contributed by atoms with Crippen molar-refractivity contribution < 1.29 is 4.74 Å². The van der Waals surface area contributed by atoms with Crippen molar-refractivity contribution in [2.75, 3.05) is 12.4 Å². The van der Waals surface area contributed by atoms with Gasteiger partial charge in [-0.25, -0.2) is 4.98 Å². The molecule has 0 unspecified atom stereocenters. The van der Waals surface area contributed by atoms with Gasteiger partial charge in [-0.15, -0.1) is 0 Å². The van der Waals surface area contributed by atoms with E-state index in [0.29, 0.717) is 33.8 Å². The van der Waals surface area contributed by atoms with Gasteiger partial charge in [-0.2, -0.15) is 9.97 Å². The van der Waals surface area contributed by atoms with Crippen LogP contribution in [0.5, 0.6) is 11.6 Å². The molecule has 1 aromatic carbocycles. The van der Waals surface area contributed by atoms with Crippen LogP contribution in [0, 0.1) is 0 Å². The zero-order valence-electron chi connectivity index (χ0n) is 10.3. The highest BCUT2D eigenvalue weighted by atomic mass is 79.9. The summed E-state index contributed by atoms with van der Waals surface area (Å²) in [7, 11) is 1.73. The van der Waals surface area contributed by atoms with Gasteiger partial charge in [0, 0.05) is 11.5 Å². The molecule has 0 amide bonds. The van der Waals surface area contributed by atoms with Crippen molar-refractivity contribution in [2.24, 2.45) is 0 Å². The summed E-state index contributed by atoms with van der Waals surface area (Å²) < 4.78 is 6.64. The Hall–Kier alpha value is -1.86. The molecule has 2 aromatic heterocycles. The molecular formula is C12H9BrClN5O. The Morgan fingerprint density at radius 3 is 3.00 bits per heavy atom. The zero-order valence-corrected chi connectivity index (χ0v) is 12.7. The van der Waals surface area contributed by atoms with E-state index in [-0.39, 0.29) is 0 Å². The van der Waals surface area contributed by atoms with E-state index in [1.54, 1.807) is 19.2 Å². The molecule has 3 rings (SSSR count). The summed E-state index contributed by atoms with van der Waals surface area (Å²) >= 11 is 9.49. The van der Waals surface area contributed by atoms with Gasteiger partial charge in [0.25, 0.3) is 5.88 Å². The van der Waals surface area contributed by atoms with Gasteiger partial charge in [0.2, 0.25) is 5.95 Å². The zero-order chi connectivity index (χ0) is 14.1. The van der Waals surface area contributed by atoms with Crippen LogP contribution in [0.2, 0.25) is 5.02 Å². The Kier molecular flexibility index (Phi) is 3.45. The molecule has 0 saturated heterocycles. The minimum absolute atomic E-state index is 0.358. The molecule has 0 aliphatic carbocycles. The van der Waals surface area contributed by atoms with Gasteiger partial charge in [0.05, 0.1) is 11.3 Å². The van der Waals surface area contributed by atoms with E-state index in [9.17, 15) is 0 Å². The standard InChI is InChI=1S/C12H9BrClN5O/c1-15-12-18-10-9(16-5-17-10)11(19-12)20-8-4-6(13)2-3-7(8)14/h2-5H,1H3,(H2,15,16,17,18,19). The van der Waals surface area contributed by atoms with Crippen LogP contribution in [-0.2, 0) is 0 Å². The number of benzene rings is 1. The number of fused-ring (bicyclic) bond motifs is 1. The molecule has 0 saturated carbocycles. The first kappa shape index (κ1) is 13.1. The summed E-state index contributed by atoms with van der Waals surface area (Å²) in [6, 6.07) is 5.34. The third-order valence-corrected chi connectivity index (χ3v) is 3.38. The fourth-order valence-corrected chi connectivity index (χ4v) is 2.15. The number of anilines is 1. The van der Waals surface area contributed by atoms with Gasteiger partial charge in [0.15, 0.2) is 5.65 Å².